The minimum absolute atomic E-state index is 0.166. The van der Waals surface area contributed by atoms with E-state index in [1.54, 1.807) is 11.9 Å². The van der Waals surface area contributed by atoms with Gasteiger partial charge in [-0.05, 0) is 13.3 Å². The Labute approximate surface area is 68.9 Å². The average Bonchev–Trinajstić information content (AvgIpc) is 1.98. The monoisotopic (exact) mass is 155 g/mol. The second-order valence-corrected chi connectivity index (χ2v) is 2.79. The Bertz CT molecular complexity index is 152. The number of hydrogen-bond donors (Lipinski definition) is 0. The fourth-order valence-electron chi connectivity index (χ4n) is 0.709. The van der Waals surface area contributed by atoms with Gasteiger partial charge in [-0.2, -0.15) is 0 Å². The molecule has 2 heteroatoms. The second-order valence-electron chi connectivity index (χ2n) is 2.79. The van der Waals surface area contributed by atoms with Gasteiger partial charge in [0.05, 0.1) is 0 Å². The van der Waals surface area contributed by atoms with Gasteiger partial charge in [0.15, 0.2) is 0 Å². The van der Waals surface area contributed by atoms with Gasteiger partial charge in [-0.1, -0.05) is 19.9 Å². The zero-order valence-corrected chi connectivity index (χ0v) is 7.68. The summed E-state index contributed by atoms with van der Waals surface area (Å²) in [6, 6.07) is 0. The highest BCUT2D eigenvalue weighted by molar-refractivity contribution is 5.77. The number of carbonyl (C=O) groups excluding carboxylic acids is 1. The maximum Gasteiger partial charge on any atom is 0.226 e. The summed E-state index contributed by atoms with van der Waals surface area (Å²) in [5, 5.41) is 0. The van der Waals surface area contributed by atoms with Crippen LogP contribution in [0.2, 0.25) is 0 Å². The van der Waals surface area contributed by atoms with Crippen LogP contribution >= 0.6 is 0 Å². The number of carbonyl (C=O) groups is 1. The number of unbranched alkanes of at least 4 members (excludes halogenated alkanes) is 1. The molecule has 0 aromatic carbocycles. The van der Waals surface area contributed by atoms with Gasteiger partial charge in [0.2, 0.25) is 5.91 Å². The SMILES string of the molecule is C=C(C)N(C)C(=O)CCCC. The molecule has 0 aromatic heterocycles. The van der Waals surface area contributed by atoms with E-state index in [0.717, 1.165) is 18.5 Å². The predicted octanol–water partition coefficient (Wildman–Crippen LogP) is 2.17. The van der Waals surface area contributed by atoms with Crippen LogP contribution in [0.25, 0.3) is 0 Å². The Kier molecular flexibility index (Phi) is 4.59. The van der Waals surface area contributed by atoms with E-state index in [-0.39, 0.29) is 5.91 Å². The minimum Gasteiger partial charge on any atom is -0.320 e. The zero-order chi connectivity index (χ0) is 8.85. The number of allylic oxidation sites excluding steroid dienone is 1. The summed E-state index contributed by atoms with van der Waals surface area (Å²) in [4.78, 5) is 12.8. The fourth-order valence-corrected chi connectivity index (χ4v) is 0.709. The van der Waals surface area contributed by atoms with Crippen molar-refractivity contribution in [3.63, 3.8) is 0 Å². The van der Waals surface area contributed by atoms with Gasteiger partial charge in [0.1, 0.15) is 0 Å². The molecule has 0 saturated heterocycles. The van der Waals surface area contributed by atoms with E-state index < -0.39 is 0 Å². The Morgan fingerprint density at radius 1 is 1.55 bits per heavy atom. The maximum atomic E-state index is 11.2. The Morgan fingerprint density at radius 2 is 2.09 bits per heavy atom. The van der Waals surface area contributed by atoms with E-state index in [9.17, 15) is 4.79 Å². The van der Waals surface area contributed by atoms with E-state index in [1.807, 2.05) is 6.92 Å². The highest BCUT2D eigenvalue weighted by Gasteiger charge is 2.06. The van der Waals surface area contributed by atoms with Crippen molar-refractivity contribution in [1.82, 2.24) is 4.90 Å². The van der Waals surface area contributed by atoms with Crippen LogP contribution in [-0.2, 0) is 4.79 Å². The van der Waals surface area contributed by atoms with E-state index in [1.165, 1.54) is 0 Å². The molecule has 0 heterocycles. The lowest BCUT2D eigenvalue weighted by Crippen LogP contribution is -2.23. The summed E-state index contributed by atoms with van der Waals surface area (Å²) in [7, 11) is 1.76. The molecule has 0 radical (unpaired) electrons. The van der Waals surface area contributed by atoms with Crippen molar-refractivity contribution in [1.29, 1.82) is 0 Å². The molecule has 0 unspecified atom stereocenters. The smallest absolute Gasteiger partial charge is 0.226 e. The van der Waals surface area contributed by atoms with Gasteiger partial charge in [-0.15, -0.1) is 0 Å². The van der Waals surface area contributed by atoms with Crippen LogP contribution in [0.1, 0.15) is 33.1 Å². The lowest BCUT2D eigenvalue weighted by atomic mass is 10.2. The first-order chi connectivity index (χ1) is 5.09. The molecule has 0 N–H and O–H groups in total. The fraction of sp³-hybridized carbons (Fsp3) is 0.667. The maximum absolute atomic E-state index is 11.2. The van der Waals surface area contributed by atoms with Crippen molar-refractivity contribution in [3.8, 4) is 0 Å². The van der Waals surface area contributed by atoms with Gasteiger partial charge in [0.25, 0.3) is 0 Å². The molecule has 0 rings (SSSR count). The van der Waals surface area contributed by atoms with Crippen molar-refractivity contribution in [2.75, 3.05) is 7.05 Å². The Balaban J connectivity index is 3.74. The largest absolute Gasteiger partial charge is 0.320 e. The van der Waals surface area contributed by atoms with Crippen molar-refractivity contribution < 1.29 is 4.79 Å². The molecular formula is C9H17NO. The summed E-state index contributed by atoms with van der Waals surface area (Å²) < 4.78 is 0. The van der Waals surface area contributed by atoms with E-state index >= 15 is 0 Å². The lowest BCUT2D eigenvalue weighted by Gasteiger charge is -2.15. The molecule has 11 heavy (non-hydrogen) atoms. The third-order valence-electron chi connectivity index (χ3n) is 1.69. The third-order valence-corrected chi connectivity index (χ3v) is 1.69. The number of nitrogens with zero attached hydrogens (tertiary/aromatic N) is 1. The van der Waals surface area contributed by atoms with Gasteiger partial charge < -0.3 is 4.90 Å². The summed E-state index contributed by atoms with van der Waals surface area (Å²) in [6.45, 7) is 7.60. The first kappa shape index (κ1) is 10.2. The first-order valence-electron chi connectivity index (χ1n) is 4.01. The standard InChI is InChI=1S/C9H17NO/c1-5-6-7-9(11)10(4)8(2)3/h2,5-7H2,1,3-4H3. The summed E-state index contributed by atoms with van der Waals surface area (Å²) in [5.74, 6) is 0.166. The lowest BCUT2D eigenvalue weighted by molar-refractivity contribution is -0.128. The molecule has 0 spiro atoms. The highest BCUT2D eigenvalue weighted by Crippen LogP contribution is 2.03. The molecular weight excluding hydrogens is 138 g/mol. The van der Waals surface area contributed by atoms with Gasteiger partial charge >= 0.3 is 0 Å². The van der Waals surface area contributed by atoms with Crippen LogP contribution in [0.4, 0.5) is 0 Å². The highest BCUT2D eigenvalue weighted by atomic mass is 16.2. The van der Waals surface area contributed by atoms with Crippen LogP contribution in [0.15, 0.2) is 12.3 Å². The van der Waals surface area contributed by atoms with Crippen LogP contribution in [0, 0.1) is 0 Å². The first-order valence-corrected chi connectivity index (χ1v) is 4.01. The number of rotatable bonds is 4. The van der Waals surface area contributed by atoms with Crippen LogP contribution < -0.4 is 0 Å². The van der Waals surface area contributed by atoms with Gasteiger partial charge in [-0.3, -0.25) is 4.79 Å². The molecule has 1 amide bonds. The molecule has 0 aliphatic rings. The molecule has 0 aliphatic carbocycles. The topological polar surface area (TPSA) is 20.3 Å². The van der Waals surface area contributed by atoms with Gasteiger partial charge in [0, 0.05) is 19.2 Å². The normalized spacial score (nSPS) is 9.36. The van der Waals surface area contributed by atoms with Gasteiger partial charge in [-0.25, -0.2) is 0 Å². The van der Waals surface area contributed by atoms with E-state index in [4.69, 9.17) is 0 Å². The zero-order valence-electron chi connectivity index (χ0n) is 7.68. The molecule has 0 aliphatic heterocycles. The van der Waals surface area contributed by atoms with Crippen LogP contribution in [0.5, 0.6) is 0 Å². The third kappa shape index (κ3) is 3.81. The molecule has 0 fully saturated rings. The molecule has 0 saturated carbocycles. The summed E-state index contributed by atoms with van der Waals surface area (Å²) in [6.07, 6.45) is 2.67. The molecule has 64 valence electrons. The van der Waals surface area contributed by atoms with Crippen molar-refractivity contribution >= 4 is 5.91 Å². The Morgan fingerprint density at radius 3 is 2.45 bits per heavy atom. The Hall–Kier alpha value is -0.790. The second kappa shape index (κ2) is 4.94. The molecule has 0 bridgehead atoms. The minimum atomic E-state index is 0.166. The summed E-state index contributed by atoms with van der Waals surface area (Å²) in [5.41, 5.74) is 0.811. The number of amides is 1. The number of hydrogen-bond acceptors (Lipinski definition) is 1. The van der Waals surface area contributed by atoms with Crippen molar-refractivity contribution in [3.05, 3.63) is 12.3 Å². The molecule has 0 atom stereocenters. The van der Waals surface area contributed by atoms with E-state index in [2.05, 4.69) is 13.5 Å². The van der Waals surface area contributed by atoms with Crippen molar-refractivity contribution in [2.24, 2.45) is 0 Å². The van der Waals surface area contributed by atoms with E-state index in [0.29, 0.717) is 6.42 Å². The van der Waals surface area contributed by atoms with Crippen LogP contribution in [-0.4, -0.2) is 17.9 Å². The van der Waals surface area contributed by atoms with Crippen molar-refractivity contribution in [2.45, 2.75) is 33.1 Å². The van der Waals surface area contributed by atoms with Crippen LogP contribution in [0.3, 0.4) is 0 Å². The summed E-state index contributed by atoms with van der Waals surface area (Å²) >= 11 is 0. The average molecular weight is 155 g/mol. The predicted molar refractivity (Wildman–Crippen MR) is 47.1 cm³/mol. The molecule has 2 nitrogen and oxygen atoms in total. The molecule has 0 aromatic rings. The quantitative estimate of drug-likeness (QED) is 0.609.